The molecule has 0 aromatic rings. The van der Waals surface area contributed by atoms with Gasteiger partial charge in [0.25, 0.3) is 0 Å². The van der Waals surface area contributed by atoms with Gasteiger partial charge in [0, 0.05) is 18.8 Å². The van der Waals surface area contributed by atoms with E-state index < -0.39 is 11.9 Å². The summed E-state index contributed by atoms with van der Waals surface area (Å²) in [5.41, 5.74) is 0. The summed E-state index contributed by atoms with van der Waals surface area (Å²) < 4.78 is 4.90. The Morgan fingerprint density at radius 3 is 2.89 bits per heavy atom. The Morgan fingerprint density at radius 1 is 1.39 bits per heavy atom. The minimum absolute atomic E-state index is 0.00667. The monoisotopic (exact) mass is 251 g/mol. The van der Waals surface area contributed by atoms with Gasteiger partial charge in [-0.25, -0.2) is 0 Å². The fourth-order valence-electron chi connectivity index (χ4n) is 3.87. The first kappa shape index (κ1) is 11.7. The van der Waals surface area contributed by atoms with Gasteiger partial charge in [-0.15, -0.1) is 0 Å². The average Bonchev–Trinajstić information content (AvgIpc) is 2.67. The number of fused-ring (bicyclic) bond motifs is 2. The lowest BCUT2D eigenvalue weighted by Crippen LogP contribution is -2.46. The summed E-state index contributed by atoms with van der Waals surface area (Å²) in [5.74, 6) is -2.23. The molecule has 0 aromatic heterocycles. The molecule has 3 aliphatic rings. The summed E-state index contributed by atoms with van der Waals surface area (Å²) in [7, 11) is 0. The average molecular weight is 251 g/mol. The molecule has 3 fully saturated rings. The SMILES string of the molecule is O=C1CC[C@@H]2[C@@H](C1)C[C@H]1C(=O)O[CH][C@H]1[C@H]2C(=O)O. The quantitative estimate of drug-likeness (QED) is 0.704. The first-order valence-corrected chi connectivity index (χ1v) is 6.36. The number of carboxylic acids is 1. The van der Waals surface area contributed by atoms with E-state index in [0.29, 0.717) is 25.7 Å². The van der Waals surface area contributed by atoms with Crippen LogP contribution in [0.1, 0.15) is 25.7 Å². The summed E-state index contributed by atoms with van der Waals surface area (Å²) in [6, 6.07) is 0. The summed E-state index contributed by atoms with van der Waals surface area (Å²) in [6.45, 7) is 1.40. The number of esters is 1. The highest BCUT2D eigenvalue weighted by Gasteiger charge is 2.55. The van der Waals surface area contributed by atoms with Crippen LogP contribution in [-0.4, -0.2) is 22.8 Å². The first-order valence-electron chi connectivity index (χ1n) is 6.36. The van der Waals surface area contributed by atoms with Gasteiger partial charge in [0.05, 0.1) is 11.8 Å². The van der Waals surface area contributed by atoms with Gasteiger partial charge < -0.3 is 9.84 Å². The van der Waals surface area contributed by atoms with Crippen molar-refractivity contribution in [1.29, 1.82) is 0 Å². The van der Waals surface area contributed by atoms with Crippen molar-refractivity contribution in [2.75, 3.05) is 0 Å². The Labute approximate surface area is 104 Å². The molecule has 5 heteroatoms. The Bertz CT molecular complexity index is 416. The van der Waals surface area contributed by atoms with Gasteiger partial charge in [0.15, 0.2) is 0 Å². The lowest BCUT2D eigenvalue weighted by Gasteiger charge is -2.43. The zero-order chi connectivity index (χ0) is 12.9. The lowest BCUT2D eigenvalue weighted by molar-refractivity contribution is -0.153. The molecule has 1 radical (unpaired) electrons. The summed E-state index contributed by atoms with van der Waals surface area (Å²) in [6.07, 6.45) is 2.12. The number of Topliss-reactive ketones (excluding diaryl/α,β-unsaturated/α-hetero) is 1. The van der Waals surface area contributed by atoms with Crippen LogP contribution in [0, 0.1) is 36.2 Å². The van der Waals surface area contributed by atoms with E-state index in [-0.39, 0.29) is 35.4 Å². The molecule has 18 heavy (non-hydrogen) atoms. The summed E-state index contributed by atoms with van der Waals surface area (Å²) in [5, 5.41) is 9.40. The van der Waals surface area contributed by atoms with Gasteiger partial charge in [0.1, 0.15) is 12.4 Å². The molecule has 1 N–H and O–H groups in total. The highest BCUT2D eigenvalue weighted by molar-refractivity contribution is 5.82. The number of carboxylic acid groups (broad SMARTS) is 1. The number of ketones is 1. The van der Waals surface area contributed by atoms with Crippen LogP contribution in [-0.2, 0) is 19.1 Å². The van der Waals surface area contributed by atoms with Crippen molar-refractivity contribution in [3.8, 4) is 0 Å². The number of ether oxygens (including phenoxy) is 1. The van der Waals surface area contributed by atoms with Crippen molar-refractivity contribution >= 4 is 17.7 Å². The van der Waals surface area contributed by atoms with Gasteiger partial charge in [-0.1, -0.05) is 0 Å². The third-order valence-corrected chi connectivity index (χ3v) is 4.68. The zero-order valence-electron chi connectivity index (χ0n) is 9.87. The molecule has 1 saturated heterocycles. The number of carbonyl (C=O) groups excluding carboxylic acids is 2. The molecule has 3 rings (SSSR count). The topological polar surface area (TPSA) is 80.7 Å². The Hall–Kier alpha value is -1.39. The minimum Gasteiger partial charge on any atom is -0.481 e. The number of hydrogen-bond acceptors (Lipinski definition) is 4. The predicted molar refractivity (Wildman–Crippen MR) is 59.0 cm³/mol. The predicted octanol–water partition coefficient (Wildman–Crippen LogP) is 1.03. The van der Waals surface area contributed by atoms with E-state index in [1.807, 2.05) is 0 Å². The molecule has 0 bridgehead atoms. The molecule has 0 unspecified atom stereocenters. The molecule has 1 heterocycles. The van der Waals surface area contributed by atoms with Crippen LogP contribution < -0.4 is 0 Å². The smallest absolute Gasteiger partial charge is 0.309 e. The molecule has 5 nitrogen and oxygen atoms in total. The number of rotatable bonds is 1. The van der Waals surface area contributed by atoms with Crippen LogP contribution in [0.3, 0.4) is 0 Å². The minimum atomic E-state index is -0.872. The third-order valence-electron chi connectivity index (χ3n) is 4.68. The molecule has 0 amide bonds. The molecule has 1 aliphatic heterocycles. The molecular weight excluding hydrogens is 236 g/mol. The number of cyclic esters (lactones) is 1. The molecule has 97 valence electrons. The van der Waals surface area contributed by atoms with E-state index in [0.717, 1.165) is 0 Å². The maximum absolute atomic E-state index is 11.6. The van der Waals surface area contributed by atoms with E-state index in [2.05, 4.69) is 0 Å². The van der Waals surface area contributed by atoms with Crippen LogP contribution in [0.2, 0.25) is 0 Å². The van der Waals surface area contributed by atoms with E-state index in [9.17, 15) is 19.5 Å². The van der Waals surface area contributed by atoms with E-state index in [4.69, 9.17) is 4.74 Å². The molecule has 2 aliphatic carbocycles. The standard InChI is InChI=1S/C13H15O5/c14-7-1-2-8-6(3-7)4-9-10(5-18-13(9)17)11(8)12(15)16/h5-6,8-11H,1-4H2,(H,15,16)/t6-,8+,9+,10+,11-/m0/s1. The van der Waals surface area contributed by atoms with Gasteiger partial charge >= 0.3 is 11.9 Å². The van der Waals surface area contributed by atoms with Gasteiger partial charge in [-0.05, 0) is 24.7 Å². The van der Waals surface area contributed by atoms with Crippen LogP contribution >= 0.6 is 0 Å². The number of carbonyl (C=O) groups is 3. The van der Waals surface area contributed by atoms with Crippen molar-refractivity contribution in [3.63, 3.8) is 0 Å². The zero-order valence-corrected chi connectivity index (χ0v) is 9.87. The summed E-state index contributed by atoms with van der Waals surface area (Å²) >= 11 is 0. The second kappa shape index (κ2) is 4.07. The van der Waals surface area contributed by atoms with Gasteiger partial charge in [-0.3, -0.25) is 14.4 Å². The Balaban J connectivity index is 1.91. The van der Waals surface area contributed by atoms with E-state index >= 15 is 0 Å². The normalized spacial score (nSPS) is 43.0. The van der Waals surface area contributed by atoms with E-state index in [1.165, 1.54) is 6.61 Å². The van der Waals surface area contributed by atoms with Crippen LogP contribution in [0.5, 0.6) is 0 Å². The largest absolute Gasteiger partial charge is 0.481 e. The highest BCUT2D eigenvalue weighted by atomic mass is 16.5. The van der Waals surface area contributed by atoms with Gasteiger partial charge in [0.2, 0.25) is 0 Å². The Kier molecular flexibility index (Phi) is 2.64. The third kappa shape index (κ3) is 1.64. The second-order valence-corrected chi connectivity index (χ2v) is 5.56. The maximum atomic E-state index is 11.6. The molecule has 0 aromatic carbocycles. The van der Waals surface area contributed by atoms with Crippen molar-refractivity contribution < 1.29 is 24.2 Å². The highest BCUT2D eigenvalue weighted by Crippen LogP contribution is 2.51. The van der Waals surface area contributed by atoms with E-state index in [1.54, 1.807) is 0 Å². The van der Waals surface area contributed by atoms with Crippen LogP contribution in [0.25, 0.3) is 0 Å². The number of hydrogen-bond donors (Lipinski definition) is 1. The fraction of sp³-hybridized carbons (Fsp3) is 0.692. The van der Waals surface area contributed by atoms with Crippen molar-refractivity contribution in [1.82, 2.24) is 0 Å². The molecule has 5 atom stereocenters. The number of aliphatic carboxylic acids is 1. The molecule has 0 spiro atoms. The lowest BCUT2D eigenvalue weighted by atomic mass is 9.58. The molecular formula is C13H15O5. The fourth-order valence-corrected chi connectivity index (χ4v) is 3.87. The maximum Gasteiger partial charge on any atom is 0.309 e. The second-order valence-electron chi connectivity index (χ2n) is 5.56. The van der Waals surface area contributed by atoms with Crippen molar-refractivity contribution in [3.05, 3.63) is 6.61 Å². The van der Waals surface area contributed by atoms with Crippen LogP contribution in [0.15, 0.2) is 0 Å². The first-order chi connectivity index (χ1) is 8.58. The van der Waals surface area contributed by atoms with Crippen LogP contribution in [0.4, 0.5) is 0 Å². The van der Waals surface area contributed by atoms with Crippen molar-refractivity contribution in [2.45, 2.75) is 25.7 Å². The Morgan fingerprint density at radius 2 is 2.17 bits per heavy atom. The van der Waals surface area contributed by atoms with Crippen molar-refractivity contribution in [2.24, 2.45) is 29.6 Å². The summed E-state index contributed by atoms with van der Waals surface area (Å²) in [4.78, 5) is 34.6. The van der Waals surface area contributed by atoms with Gasteiger partial charge in [-0.2, -0.15) is 0 Å². The molecule has 2 saturated carbocycles.